The average molecular weight is 443 g/mol. The second kappa shape index (κ2) is 10.2. The highest BCUT2D eigenvalue weighted by atomic mass is 32.2. The Hall–Kier alpha value is -3.19. The molecule has 0 amide bonds. The van der Waals surface area contributed by atoms with Crippen LogP contribution in [0, 0.1) is 0 Å². The van der Waals surface area contributed by atoms with E-state index in [4.69, 9.17) is 18.9 Å². The zero-order chi connectivity index (χ0) is 22.3. The standard InChI is InChI=1S/C24H26O6S/c1-27-22-13-20(14-23(28-2)24(22)29-3)17-31(25,26)16-19-10-7-11-21(12-19)30-15-18-8-5-4-6-9-18/h4-14H,15-17H2,1-3H3. The van der Waals surface area contributed by atoms with Crippen LogP contribution in [0.25, 0.3) is 0 Å². The molecule has 0 unspecified atom stereocenters. The zero-order valence-corrected chi connectivity index (χ0v) is 18.6. The second-order valence-electron chi connectivity index (χ2n) is 6.99. The van der Waals surface area contributed by atoms with Crippen molar-refractivity contribution in [2.45, 2.75) is 18.1 Å². The summed E-state index contributed by atoms with van der Waals surface area (Å²) in [6, 6.07) is 20.3. The second-order valence-corrected chi connectivity index (χ2v) is 9.05. The Morgan fingerprint density at radius 3 is 1.90 bits per heavy atom. The fourth-order valence-corrected chi connectivity index (χ4v) is 4.71. The largest absolute Gasteiger partial charge is 0.493 e. The molecule has 0 saturated heterocycles. The fraction of sp³-hybridized carbons (Fsp3) is 0.250. The molecule has 0 aliphatic carbocycles. The maximum Gasteiger partial charge on any atom is 0.203 e. The highest BCUT2D eigenvalue weighted by Crippen LogP contribution is 2.38. The summed E-state index contributed by atoms with van der Waals surface area (Å²) in [6.07, 6.45) is 0. The molecule has 31 heavy (non-hydrogen) atoms. The molecular formula is C24H26O6S. The summed E-state index contributed by atoms with van der Waals surface area (Å²) in [6.45, 7) is 0.419. The summed E-state index contributed by atoms with van der Waals surface area (Å²) >= 11 is 0. The summed E-state index contributed by atoms with van der Waals surface area (Å²) in [7, 11) is 1.05. The van der Waals surface area contributed by atoms with Gasteiger partial charge in [-0.3, -0.25) is 0 Å². The van der Waals surface area contributed by atoms with Gasteiger partial charge in [0.15, 0.2) is 21.3 Å². The summed E-state index contributed by atoms with van der Waals surface area (Å²) in [5.41, 5.74) is 2.27. The Bertz CT molecular complexity index is 1080. The summed E-state index contributed by atoms with van der Waals surface area (Å²) in [5.74, 6) is 1.64. The Balaban J connectivity index is 1.72. The minimum Gasteiger partial charge on any atom is -0.493 e. The molecule has 0 spiro atoms. The van der Waals surface area contributed by atoms with Gasteiger partial charge in [0, 0.05) is 0 Å². The van der Waals surface area contributed by atoms with Crippen LogP contribution in [-0.4, -0.2) is 29.7 Å². The van der Waals surface area contributed by atoms with Crippen molar-refractivity contribution in [3.8, 4) is 23.0 Å². The molecule has 0 aliphatic rings. The number of hydrogen-bond acceptors (Lipinski definition) is 6. The average Bonchev–Trinajstić information content (AvgIpc) is 2.77. The van der Waals surface area contributed by atoms with Crippen molar-refractivity contribution >= 4 is 9.84 Å². The van der Waals surface area contributed by atoms with Crippen LogP contribution >= 0.6 is 0 Å². The van der Waals surface area contributed by atoms with Gasteiger partial charge >= 0.3 is 0 Å². The Kier molecular flexibility index (Phi) is 7.41. The minimum atomic E-state index is -3.45. The van der Waals surface area contributed by atoms with Crippen molar-refractivity contribution in [3.63, 3.8) is 0 Å². The van der Waals surface area contributed by atoms with Crippen LogP contribution < -0.4 is 18.9 Å². The molecule has 3 rings (SSSR count). The molecule has 0 radical (unpaired) electrons. The smallest absolute Gasteiger partial charge is 0.203 e. The molecular weight excluding hydrogens is 416 g/mol. The molecule has 3 aromatic rings. The van der Waals surface area contributed by atoms with Gasteiger partial charge in [-0.2, -0.15) is 0 Å². The van der Waals surface area contributed by atoms with Crippen LogP contribution in [0.1, 0.15) is 16.7 Å². The van der Waals surface area contributed by atoms with E-state index < -0.39 is 9.84 Å². The van der Waals surface area contributed by atoms with Crippen LogP contribution in [0.4, 0.5) is 0 Å². The number of rotatable bonds is 10. The van der Waals surface area contributed by atoms with Crippen LogP contribution in [0.15, 0.2) is 66.7 Å². The number of benzene rings is 3. The van der Waals surface area contributed by atoms with Crippen LogP contribution in [-0.2, 0) is 27.9 Å². The summed E-state index contributed by atoms with van der Waals surface area (Å²) < 4.78 is 47.5. The Morgan fingerprint density at radius 2 is 1.29 bits per heavy atom. The van der Waals surface area contributed by atoms with E-state index in [-0.39, 0.29) is 11.5 Å². The third kappa shape index (κ3) is 6.15. The summed E-state index contributed by atoms with van der Waals surface area (Å²) in [5, 5.41) is 0. The lowest BCUT2D eigenvalue weighted by molar-refractivity contribution is 0.306. The van der Waals surface area contributed by atoms with Gasteiger partial charge in [-0.15, -0.1) is 0 Å². The van der Waals surface area contributed by atoms with E-state index in [2.05, 4.69) is 0 Å². The van der Waals surface area contributed by atoms with Gasteiger partial charge in [-0.1, -0.05) is 42.5 Å². The first-order chi connectivity index (χ1) is 14.9. The maximum absolute atomic E-state index is 12.9. The van der Waals surface area contributed by atoms with Crippen molar-refractivity contribution in [1.82, 2.24) is 0 Å². The molecule has 7 heteroatoms. The molecule has 0 N–H and O–H groups in total. The van der Waals surface area contributed by atoms with E-state index in [1.807, 2.05) is 36.4 Å². The van der Waals surface area contributed by atoms with Gasteiger partial charge in [0.1, 0.15) is 12.4 Å². The predicted molar refractivity (Wildman–Crippen MR) is 120 cm³/mol. The highest BCUT2D eigenvalue weighted by Gasteiger charge is 2.19. The van der Waals surface area contributed by atoms with E-state index in [0.717, 1.165) is 5.56 Å². The quantitative estimate of drug-likeness (QED) is 0.463. The van der Waals surface area contributed by atoms with Gasteiger partial charge in [0.25, 0.3) is 0 Å². The molecule has 3 aromatic carbocycles. The van der Waals surface area contributed by atoms with Crippen LogP contribution in [0.5, 0.6) is 23.0 Å². The van der Waals surface area contributed by atoms with Crippen molar-refractivity contribution < 1.29 is 27.4 Å². The minimum absolute atomic E-state index is 0.105. The van der Waals surface area contributed by atoms with E-state index >= 15 is 0 Å². The number of hydrogen-bond donors (Lipinski definition) is 0. The van der Waals surface area contributed by atoms with Crippen molar-refractivity contribution in [3.05, 3.63) is 83.4 Å². The first-order valence-electron chi connectivity index (χ1n) is 9.69. The number of ether oxygens (including phenoxy) is 4. The third-order valence-electron chi connectivity index (χ3n) is 4.64. The van der Waals surface area contributed by atoms with Crippen molar-refractivity contribution in [1.29, 1.82) is 0 Å². The molecule has 0 atom stereocenters. The first-order valence-corrected chi connectivity index (χ1v) is 11.5. The van der Waals surface area contributed by atoms with E-state index in [0.29, 0.717) is 40.7 Å². The van der Waals surface area contributed by atoms with Gasteiger partial charge in [-0.25, -0.2) is 8.42 Å². The highest BCUT2D eigenvalue weighted by molar-refractivity contribution is 7.89. The maximum atomic E-state index is 12.9. The Morgan fingerprint density at radius 1 is 0.677 bits per heavy atom. The number of methoxy groups -OCH3 is 3. The molecule has 164 valence electrons. The van der Waals surface area contributed by atoms with Gasteiger partial charge in [-0.05, 0) is 41.0 Å². The normalized spacial score (nSPS) is 11.1. The van der Waals surface area contributed by atoms with Gasteiger partial charge in [0.2, 0.25) is 5.75 Å². The monoisotopic (exact) mass is 442 g/mol. The van der Waals surface area contributed by atoms with E-state index in [1.54, 1.807) is 30.3 Å². The first kappa shape index (κ1) is 22.5. The van der Waals surface area contributed by atoms with E-state index in [1.165, 1.54) is 21.3 Å². The molecule has 6 nitrogen and oxygen atoms in total. The lowest BCUT2D eigenvalue weighted by atomic mass is 10.2. The molecule has 0 heterocycles. The topological polar surface area (TPSA) is 71.1 Å². The van der Waals surface area contributed by atoms with Crippen LogP contribution in [0.3, 0.4) is 0 Å². The molecule has 0 fully saturated rings. The predicted octanol–water partition coefficient (Wildman–Crippen LogP) is 4.41. The lowest BCUT2D eigenvalue weighted by Gasteiger charge is -2.14. The molecule has 0 aromatic heterocycles. The molecule has 0 bridgehead atoms. The third-order valence-corrected chi connectivity index (χ3v) is 6.19. The Labute approximate surface area is 183 Å². The SMILES string of the molecule is COc1cc(CS(=O)(=O)Cc2cccc(OCc3ccccc3)c2)cc(OC)c1OC. The lowest BCUT2D eigenvalue weighted by Crippen LogP contribution is -2.08. The fourth-order valence-electron chi connectivity index (χ4n) is 3.24. The van der Waals surface area contributed by atoms with Gasteiger partial charge < -0.3 is 18.9 Å². The zero-order valence-electron chi connectivity index (χ0n) is 17.8. The number of sulfone groups is 1. The van der Waals surface area contributed by atoms with Crippen molar-refractivity contribution in [2.24, 2.45) is 0 Å². The summed E-state index contributed by atoms with van der Waals surface area (Å²) in [4.78, 5) is 0. The van der Waals surface area contributed by atoms with Crippen molar-refractivity contribution in [2.75, 3.05) is 21.3 Å². The van der Waals surface area contributed by atoms with Crippen LogP contribution in [0.2, 0.25) is 0 Å². The van der Waals surface area contributed by atoms with E-state index in [9.17, 15) is 8.42 Å². The molecule has 0 saturated carbocycles. The van der Waals surface area contributed by atoms with Gasteiger partial charge in [0.05, 0.1) is 32.8 Å². The molecule has 0 aliphatic heterocycles.